The number of guanidine groups is 1. The Hall–Kier alpha value is -6.54. The van der Waals surface area contributed by atoms with Crippen LogP contribution in [0.1, 0.15) is 64.0 Å². The molecule has 1 aliphatic heterocycles. The molecule has 0 radical (unpaired) electrons. The first kappa shape index (κ1) is 49.1. The summed E-state index contributed by atoms with van der Waals surface area (Å²) < 4.78 is 0. The lowest BCUT2D eigenvalue weighted by molar-refractivity contribution is -0.143. The van der Waals surface area contributed by atoms with Crippen molar-refractivity contribution in [2.24, 2.45) is 28.1 Å². The number of benzene rings is 2. The Morgan fingerprint density at radius 2 is 1.44 bits per heavy atom. The Kier molecular flexibility index (Phi) is 18.4. The van der Waals surface area contributed by atoms with Crippen LogP contribution in [0.2, 0.25) is 0 Å². The van der Waals surface area contributed by atoms with Crippen LogP contribution in [0.5, 0.6) is 0 Å². The number of carbonyl (C=O) groups excluding carboxylic acids is 6. The average Bonchev–Trinajstić information content (AvgIpc) is 3.90. The van der Waals surface area contributed by atoms with Crippen molar-refractivity contribution in [3.05, 3.63) is 71.9 Å². The van der Waals surface area contributed by atoms with Gasteiger partial charge in [-0.3, -0.25) is 33.8 Å². The molecule has 20 nitrogen and oxygen atoms in total. The Balaban J connectivity index is 1.45. The van der Waals surface area contributed by atoms with Gasteiger partial charge in [0, 0.05) is 43.0 Å². The Labute approximate surface area is 365 Å². The van der Waals surface area contributed by atoms with Crippen molar-refractivity contribution in [2.45, 2.75) is 108 Å². The molecule has 342 valence electrons. The van der Waals surface area contributed by atoms with E-state index in [0.717, 1.165) is 10.9 Å². The lowest BCUT2D eigenvalue weighted by Crippen LogP contribution is -2.60. The number of amides is 6. The van der Waals surface area contributed by atoms with E-state index in [4.69, 9.17) is 17.2 Å². The summed E-state index contributed by atoms with van der Waals surface area (Å²) in [7, 11) is 0. The van der Waals surface area contributed by atoms with Gasteiger partial charge in [-0.05, 0) is 62.1 Å². The summed E-state index contributed by atoms with van der Waals surface area (Å²) in [5.41, 5.74) is 19.0. The van der Waals surface area contributed by atoms with Crippen LogP contribution in [-0.4, -0.2) is 129 Å². The first-order valence-corrected chi connectivity index (χ1v) is 21.0. The van der Waals surface area contributed by atoms with Gasteiger partial charge in [0.2, 0.25) is 35.4 Å². The van der Waals surface area contributed by atoms with Gasteiger partial charge in [-0.2, -0.15) is 0 Å². The number of nitrogens with two attached hydrogens (primary N) is 3. The predicted molar refractivity (Wildman–Crippen MR) is 234 cm³/mol. The van der Waals surface area contributed by atoms with Gasteiger partial charge in [0.1, 0.15) is 36.3 Å². The molecule has 2 aromatic carbocycles. The maximum Gasteiger partial charge on any atom is 0.326 e. The fraction of sp³-hybridized carbons (Fsp3) is 0.488. The number of carbonyl (C=O) groups is 7. The second-order valence-corrected chi connectivity index (χ2v) is 16.1. The molecule has 63 heavy (non-hydrogen) atoms. The number of H-pyrrole nitrogens is 1. The zero-order valence-electron chi connectivity index (χ0n) is 35.8. The number of carboxylic acids is 1. The summed E-state index contributed by atoms with van der Waals surface area (Å²) >= 11 is 0. The highest BCUT2D eigenvalue weighted by Crippen LogP contribution is 2.21. The van der Waals surface area contributed by atoms with Crippen LogP contribution in [0.25, 0.3) is 10.9 Å². The highest BCUT2D eigenvalue weighted by molar-refractivity contribution is 5.97. The monoisotopic (exact) mass is 875 g/mol. The number of aliphatic carboxylic acids is 1. The number of fused-ring (bicyclic) bond motifs is 1. The predicted octanol–water partition coefficient (Wildman–Crippen LogP) is -1.11. The fourth-order valence-corrected chi connectivity index (χ4v) is 7.38. The molecule has 3 aromatic rings. The summed E-state index contributed by atoms with van der Waals surface area (Å²) in [4.78, 5) is 102. The lowest BCUT2D eigenvalue weighted by Gasteiger charge is -2.29. The molecule has 2 heterocycles. The van der Waals surface area contributed by atoms with E-state index in [9.17, 15) is 43.8 Å². The Bertz CT molecular complexity index is 2090. The number of nitrogens with one attached hydrogen (secondary N) is 6. The van der Waals surface area contributed by atoms with E-state index >= 15 is 0 Å². The van der Waals surface area contributed by atoms with E-state index in [2.05, 4.69) is 36.6 Å². The minimum Gasteiger partial charge on any atom is -0.480 e. The molecule has 6 amide bonds. The number of aliphatic hydroxyl groups is 1. The summed E-state index contributed by atoms with van der Waals surface area (Å²) in [6.07, 6.45) is 3.00. The van der Waals surface area contributed by atoms with Crippen LogP contribution in [0.3, 0.4) is 0 Å². The standard InChI is InChI=1S/C43H61N11O9/c1-24(2)19-29(44)36(56)50-31(15-9-17-47-43(45)46)37(57)49-25(3)41(61)54-18-10-16-35(54)40(60)53-34(23-55)39(59)51-32(21-27-22-48-30-14-8-7-13-28(27)30)38(58)52-33(42(62)63)20-26-11-5-4-6-12-26/h4-8,11-14,22,24-25,29,31-35,48,55H,9-10,15-21,23,44H2,1-3H3,(H,49,57)(H,50,56)(H,51,59)(H,52,58)(H,53,60)(H,62,63)(H4,45,46,47)/t25-,29-,31-,32-,33-,34-,35-/m0/s1. The van der Waals surface area contributed by atoms with Crippen molar-refractivity contribution in [3.63, 3.8) is 0 Å². The second kappa shape index (κ2) is 23.6. The Morgan fingerprint density at radius 1 is 0.810 bits per heavy atom. The number of aliphatic imine (C=N–C) groups is 1. The number of hydrogen-bond donors (Lipinski definition) is 11. The number of nitrogens with zero attached hydrogens (tertiary/aromatic N) is 2. The molecule has 0 spiro atoms. The summed E-state index contributed by atoms with van der Waals surface area (Å²) in [5, 5.41) is 34.0. The van der Waals surface area contributed by atoms with Crippen molar-refractivity contribution in [1.29, 1.82) is 0 Å². The van der Waals surface area contributed by atoms with E-state index in [-0.39, 0.29) is 50.7 Å². The number of likely N-dealkylation sites (tertiary alicyclic amines) is 1. The molecule has 7 atom stereocenters. The van der Waals surface area contributed by atoms with E-state index < -0.39 is 90.3 Å². The molecule has 4 rings (SSSR count). The van der Waals surface area contributed by atoms with Gasteiger partial charge in [-0.25, -0.2) is 4.79 Å². The van der Waals surface area contributed by atoms with Crippen molar-refractivity contribution >= 4 is 58.3 Å². The lowest BCUT2D eigenvalue weighted by atomic mass is 10.0. The van der Waals surface area contributed by atoms with Gasteiger partial charge >= 0.3 is 5.97 Å². The SMILES string of the molecule is CC(C)C[C@H](N)C(=O)N[C@@H](CCCN=C(N)N)C(=O)N[C@@H](C)C(=O)N1CCC[C@H]1C(=O)N[C@@H](CO)C(=O)N[C@@H](Cc1c[nH]c2ccccc12)C(=O)N[C@@H](Cc1ccccc1)C(=O)O. The van der Waals surface area contributed by atoms with Gasteiger partial charge in [0.05, 0.1) is 12.6 Å². The van der Waals surface area contributed by atoms with E-state index in [1.54, 1.807) is 42.6 Å². The molecule has 0 aliphatic carbocycles. The van der Waals surface area contributed by atoms with E-state index in [1.165, 1.54) is 11.8 Å². The molecule has 1 fully saturated rings. The molecule has 1 saturated heterocycles. The molecular formula is C43H61N11O9. The maximum atomic E-state index is 13.8. The molecule has 0 unspecified atom stereocenters. The fourth-order valence-electron chi connectivity index (χ4n) is 7.38. The van der Waals surface area contributed by atoms with Gasteiger partial charge in [-0.1, -0.05) is 62.4 Å². The summed E-state index contributed by atoms with van der Waals surface area (Å²) in [5.74, 6) is -5.61. The van der Waals surface area contributed by atoms with Gasteiger partial charge in [0.25, 0.3) is 0 Å². The highest BCUT2D eigenvalue weighted by Gasteiger charge is 2.39. The molecule has 20 heteroatoms. The molecule has 14 N–H and O–H groups in total. The van der Waals surface area contributed by atoms with Crippen molar-refractivity contribution in [3.8, 4) is 0 Å². The van der Waals surface area contributed by atoms with E-state index in [0.29, 0.717) is 30.4 Å². The smallest absolute Gasteiger partial charge is 0.326 e. The van der Waals surface area contributed by atoms with Crippen molar-refractivity contribution < 1.29 is 43.8 Å². The maximum absolute atomic E-state index is 13.8. The summed E-state index contributed by atoms with van der Waals surface area (Å²) in [6, 6.07) is 7.54. The van der Waals surface area contributed by atoms with Gasteiger partial charge in [0.15, 0.2) is 5.96 Å². The van der Waals surface area contributed by atoms with Crippen LogP contribution >= 0.6 is 0 Å². The number of carboxylic acid groups (broad SMARTS) is 1. The molecule has 0 bridgehead atoms. The molecule has 0 saturated carbocycles. The third-order valence-corrected chi connectivity index (χ3v) is 10.7. The number of rotatable bonds is 23. The van der Waals surface area contributed by atoms with Crippen molar-refractivity contribution in [1.82, 2.24) is 36.5 Å². The highest BCUT2D eigenvalue weighted by atomic mass is 16.4. The van der Waals surface area contributed by atoms with Crippen LogP contribution in [-0.2, 0) is 46.4 Å². The molecule has 1 aliphatic rings. The van der Waals surface area contributed by atoms with Gasteiger partial charge in [-0.15, -0.1) is 0 Å². The Morgan fingerprint density at radius 3 is 2.11 bits per heavy atom. The number of aromatic nitrogens is 1. The minimum atomic E-state index is -1.57. The summed E-state index contributed by atoms with van der Waals surface area (Å²) in [6.45, 7) is 4.70. The normalized spacial score (nSPS) is 16.5. The van der Waals surface area contributed by atoms with Crippen molar-refractivity contribution in [2.75, 3.05) is 19.7 Å². The quantitative estimate of drug-likeness (QED) is 0.0307. The molecular weight excluding hydrogens is 815 g/mol. The van der Waals surface area contributed by atoms with Crippen LogP contribution < -0.4 is 43.8 Å². The first-order valence-electron chi connectivity index (χ1n) is 21.0. The third-order valence-electron chi connectivity index (χ3n) is 10.7. The number of hydrogen-bond acceptors (Lipinski definition) is 10. The number of para-hydroxylation sites is 1. The largest absolute Gasteiger partial charge is 0.480 e. The van der Waals surface area contributed by atoms with Gasteiger partial charge < -0.3 is 63.9 Å². The third kappa shape index (κ3) is 14.5. The van der Waals surface area contributed by atoms with Crippen LogP contribution in [0, 0.1) is 5.92 Å². The minimum absolute atomic E-state index is 0.0329. The van der Waals surface area contributed by atoms with Crippen LogP contribution in [0.4, 0.5) is 0 Å². The second-order valence-electron chi connectivity index (χ2n) is 16.1. The molecule has 1 aromatic heterocycles. The van der Waals surface area contributed by atoms with E-state index in [1.807, 2.05) is 32.0 Å². The number of aromatic amines is 1. The number of aliphatic hydroxyl groups excluding tert-OH is 1. The topological polar surface area (TPSA) is 330 Å². The zero-order valence-corrected chi connectivity index (χ0v) is 35.8. The van der Waals surface area contributed by atoms with Crippen LogP contribution in [0.15, 0.2) is 65.8 Å². The zero-order chi connectivity index (χ0) is 46.2. The first-order chi connectivity index (χ1) is 30.0. The average molecular weight is 876 g/mol.